The van der Waals surface area contributed by atoms with Gasteiger partial charge in [0.15, 0.2) is 12.4 Å². The van der Waals surface area contributed by atoms with Gasteiger partial charge in [0.25, 0.3) is 0 Å². The molecule has 0 saturated carbocycles. The van der Waals surface area contributed by atoms with Crippen LogP contribution in [0.5, 0.6) is 0 Å². The summed E-state index contributed by atoms with van der Waals surface area (Å²) in [6.07, 6.45) is 59.0. The molecular weight excluding hydrogens is 827 g/mol. The van der Waals surface area contributed by atoms with Crippen molar-refractivity contribution in [3.63, 3.8) is 0 Å². The second-order valence-corrected chi connectivity index (χ2v) is 18.4. The Kier molecular flexibility index (Phi) is 45.4. The standard InChI is InChI=1S/C57H97NO8/c1-6-8-10-12-14-16-18-20-22-23-24-25-26-27-28-29-30-31-32-33-34-36-38-40-42-44-46-48-55(60)66-53(52-65-57(56(61)62)63-50-49-58(3,4)5)51-64-54(59)47-45-43-41-39-37-35-21-19-17-15-13-11-9-7-2/h8,10,14,16,19-22,24-25,27-28,30-31,53,57H,6-7,9,11-13,15,17-18,23,26,29,32-52H2,1-5H3/b10-8-,16-14-,21-19-,22-20-,25-24-,28-27-,31-30-. The Hall–Kier alpha value is -3.53. The molecule has 9 heteroatoms. The van der Waals surface area contributed by atoms with Gasteiger partial charge in [-0.25, -0.2) is 0 Å². The van der Waals surface area contributed by atoms with Gasteiger partial charge in [-0.15, -0.1) is 0 Å². The average Bonchev–Trinajstić information content (AvgIpc) is 3.28. The summed E-state index contributed by atoms with van der Waals surface area (Å²) in [5.74, 6) is -2.31. The number of quaternary nitrogens is 1. The maximum atomic E-state index is 12.8. The van der Waals surface area contributed by atoms with Gasteiger partial charge in [-0.2, -0.15) is 0 Å². The van der Waals surface area contributed by atoms with E-state index in [-0.39, 0.29) is 38.6 Å². The first-order valence-electron chi connectivity index (χ1n) is 26.2. The first kappa shape index (κ1) is 62.5. The minimum absolute atomic E-state index is 0.141. The van der Waals surface area contributed by atoms with Crippen LogP contribution in [0.25, 0.3) is 0 Å². The Bertz CT molecular complexity index is 1350. The SMILES string of the molecule is CC/C=C\C/C=C\C/C=C\C/C=C\C/C=C\C/C=C\CCCCCCCCCCC(=O)OC(COC(=O)CCCCCCC/C=C\CCCCCCC)COC(OCC[N+](C)(C)C)C(=O)[O-]. The molecule has 2 atom stereocenters. The quantitative estimate of drug-likeness (QED) is 0.0195. The van der Waals surface area contributed by atoms with E-state index >= 15 is 0 Å². The zero-order valence-corrected chi connectivity index (χ0v) is 42.8. The number of allylic oxidation sites excluding steroid dienone is 14. The van der Waals surface area contributed by atoms with Gasteiger partial charge in [-0.3, -0.25) is 9.59 Å². The second kappa shape index (κ2) is 47.9. The lowest BCUT2D eigenvalue weighted by molar-refractivity contribution is -0.870. The molecule has 0 spiro atoms. The predicted octanol–water partition coefficient (Wildman–Crippen LogP) is 13.5. The molecule has 0 radical (unpaired) electrons. The molecule has 0 aromatic carbocycles. The van der Waals surface area contributed by atoms with Crippen LogP contribution in [0.4, 0.5) is 0 Å². The van der Waals surface area contributed by atoms with E-state index in [1.54, 1.807) is 0 Å². The monoisotopic (exact) mass is 924 g/mol. The molecule has 0 aromatic rings. The van der Waals surface area contributed by atoms with E-state index < -0.39 is 24.3 Å². The number of aliphatic carboxylic acids is 1. The van der Waals surface area contributed by atoms with E-state index in [9.17, 15) is 19.5 Å². The van der Waals surface area contributed by atoms with Crippen molar-refractivity contribution < 1.29 is 42.9 Å². The molecule has 0 rings (SSSR count). The number of rotatable bonds is 47. The number of unbranched alkanes of at least 4 members (excludes halogenated alkanes) is 18. The molecule has 2 unspecified atom stereocenters. The highest BCUT2D eigenvalue weighted by molar-refractivity contribution is 5.70. The van der Waals surface area contributed by atoms with E-state index in [0.29, 0.717) is 17.4 Å². The van der Waals surface area contributed by atoms with Gasteiger partial charge in [-0.1, -0.05) is 182 Å². The Morgan fingerprint density at radius 1 is 0.470 bits per heavy atom. The van der Waals surface area contributed by atoms with E-state index in [1.807, 2.05) is 21.1 Å². The molecule has 0 aromatic heterocycles. The van der Waals surface area contributed by atoms with Gasteiger partial charge in [-0.05, 0) is 89.9 Å². The molecule has 0 aliphatic carbocycles. The van der Waals surface area contributed by atoms with Crippen molar-refractivity contribution in [2.24, 2.45) is 0 Å². The van der Waals surface area contributed by atoms with Gasteiger partial charge < -0.3 is 33.3 Å². The van der Waals surface area contributed by atoms with E-state index in [4.69, 9.17) is 18.9 Å². The third kappa shape index (κ3) is 48.4. The number of likely N-dealkylation sites (N-methyl/N-ethyl adjacent to an activating group) is 1. The maximum absolute atomic E-state index is 12.8. The molecule has 0 fully saturated rings. The van der Waals surface area contributed by atoms with Crippen molar-refractivity contribution in [3.05, 3.63) is 85.1 Å². The Morgan fingerprint density at radius 3 is 1.30 bits per heavy atom. The number of nitrogens with zero attached hydrogens (tertiary/aromatic N) is 1. The van der Waals surface area contributed by atoms with Crippen molar-refractivity contribution in [3.8, 4) is 0 Å². The lowest BCUT2D eigenvalue weighted by atomic mass is 10.1. The van der Waals surface area contributed by atoms with Crippen LogP contribution in [0.2, 0.25) is 0 Å². The van der Waals surface area contributed by atoms with Crippen LogP contribution in [0.15, 0.2) is 85.1 Å². The average molecular weight is 924 g/mol. The van der Waals surface area contributed by atoms with E-state index in [2.05, 4.69) is 98.9 Å². The Morgan fingerprint density at radius 2 is 0.864 bits per heavy atom. The van der Waals surface area contributed by atoms with Gasteiger partial charge in [0.05, 0.1) is 40.3 Å². The number of hydrogen-bond acceptors (Lipinski definition) is 8. The maximum Gasteiger partial charge on any atom is 0.306 e. The predicted molar refractivity (Wildman–Crippen MR) is 274 cm³/mol. The number of esters is 2. The zero-order valence-electron chi connectivity index (χ0n) is 42.8. The van der Waals surface area contributed by atoms with Crippen LogP contribution in [0, 0.1) is 0 Å². The molecule has 0 aliphatic rings. The molecule has 0 heterocycles. The number of carboxylic acid groups (broad SMARTS) is 1. The van der Waals surface area contributed by atoms with Crippen LogP contribution in [0.1, 0.15) is 200 Å². The number of ether oxygens (including phenoxy) is 4. The smallest absolute Gasteiger partial charge is 0.306 e. The molecule has 378 valence electrons. The largest absolute Gasteiger partial charge is 0.545 e. The zero-order chi connectivity index (χ0) is 48.4. The molecule has 0 aliphatic heterocycles. The van der Waals surface area contributed by atoms with Crippen LogP contribution < -0.4 is 5.11 Å². The number of carbonyl (C=O) groups excluding carboxylic acids is 3. The van der Waals surface area contributed by atoms with Crippen LogP contribution in [-0.4, -0.2) is 82.3 Å². The molecule has 9 nitrogen and oxygen atoms in total. The Balaban J connectivity index is 4.33. The lowest BCUT2D eigenvalue weighted by Gasteiger charge is -2.26. The summed E-state index contributed by atoms with van der Waals surface area (Å²) < 4.78 is 22.6. The molecule has 0 saturated heterocycles. The molecular formula is C57H97NO8. The molecule has 0 N–H and O–H groups in total. The highest BCUT2D eigenvalue weighted by Gasteiger charge is 2.21. The fourth-order valence-electron chi connectivity index (χ4n) is 6.83. The minimum atomic E-state index is -1.63. The molecule has 0 amide bonds. The normalized spacial score (nSPS) is 13.5. The van der Waals surface area contributed by atoms with E-state index in [0.717, 1.165) is 103 Å². The van der Waals surface area contributed by atoms with Gasteiger partial charge in [0, 0.05) is 12.8 Å². The van der Waals surface area contributed by atoms with Gasteiger partial charge in [0.2, 0.25) is 0 Å². The fraction of sp³-hybridized carbons (Fsp3) is 0.702. The van der Waals surface area contributed by atoms with Crippen LogP contribution in [-0.2, 0) is 33.3 Å². The molecule has 0 bridgehead atoms. The summed E-state index contributed by atoms with van der Waals surface area (Å²) in [6, 6.07) is 0. The van der Waals surface area contributed by atoms with Crippen LogP contribution >= 0.6 is 0 Å². The highest BCUT2D eigenvalue weighted by atomic mass is 16.7. The Labute approximate surface area is 404 Å². The second-order valence-electron chi connectivity index (χ2n) is 18.4. The van der Waals surface area contributed by atoms with Crippen molar-refractivity contribution in [1.82, 2.24) is 0 Å². The van der Waals surface area contributed by atoms with Crippen molar-refractivity contribution >= 4 is 17.9 Å². The summed E-state index contributed by atoms with van der Waals surface area (Å²) in [5, 5.41) is 11.7. The number of carboxylic acids is 1. The van der Waals surface area contributed by atoms with Crippen molar-refractivity contribution in [2.75, 3.05) is 47.5 Å². The van der Waals surface area contributed by atoms with Gasteiger partial charge in [0.1, 0.15) is 13.2 Å². The third-order valence-corrected chi connectivity index (χ3v) is 10.9. The number of carbonyl (C=O) groups is 3. The van der Waals surface area contributed by atoms with Gasteiger partial charge >= 0.3 is 11.9 Å². The van der Waals surface area contributed by atoms with Crippen molar-refractivity contribution in [2.45, 2.75) is 212 Å². The topological polar surface area (TPSA) is 111 Å². The molecule has 66 heavy (non-hydrogen) atoms. The first-order chi connectivity index (χ1) is 32.1. The highest BCUT2D eigenvalue weighted by Crippen LogP contribution is 2.14. The van der Waals surface area contributed by atoms with Crippen molar-refractivity contribution in [1.29, 1.82) is 0 Å². The van der Waals surface area contributed by atoms with Crippen LogP contribution in [0.3, 0.4) is 0 Å². The van der Waals surface area contributed by atoms with E-state index in [1.165, 1.54) is 64.2 Å². The summed E-state index contributed by atoms with van der Waals surface area (Å²) in [5.41, 5.74) is 0. The fourth-order valence-corrected chi connectivity index (χ4v) is 6.83. The summed E-state index contributed by atoms with van der Waals surface area (Å²) in [4.78, 5) is 37.1. The summed E-state index contributed by atoms with van der Waals surface area (Å²) in [7, 11) is 5.90. The number of hydrogen-bond donors (Lipinski definition) is 0. The summed E-state index contributed by atoms with van der Waals surface area (Å²) in [6.45, 7) is 4.59. The summed E-state index contributed by atoms with van der Waals surface area (Å²) >= 11 is 0. The lowest BCUT2D eigenvalue weighted by Crippen LogP contribution is -2.44. The third-order valence-electron chi connectivity index (χ3n) is 10.9. The first-order valence-corrected chi connectivity index (χ1v) is 26.2. The minimum Gasteiger partial charge on any atom is -0.545 e.